The highest BCUT2D eigenvalue weighted by molar-refractivity contribution is 7.09. The molecular weight excluding hydrogens is 354 g/mol. The van der Waals surface area contributed by atoms with Crippen molar-refractivity contribution in [3.05, 3.63) is 45.9 Å². The zero-order valence-electron chi connectivity index (χ0n) is 16.7. The summed E-state index contributed by atoms with van der Waals surface area (Å²) in [7, 11) is 1.83. The molecule has 5 nitrogen and oxygen atoms in total. The molecule has 0 bridgehead atoms. The average molecular weight is 386 g/mol. The van der Waals surface area contributed by atoms with Crippen molar-refractivity contribution >= 4 is 23.0 Å². The van der Waals surface area contributed by atoms with Crippen LogP contribution in [0, 0.1) is 6.92 Å². The van der Waals surface area contributed by atoms with Crippen LogP contribution < -0.4 is 15.5 Å². The first kappa shape index (κ1) is 19.7. The van der Waals surface area contributed by atoms with Gasteiger partial charge in [-0.2, -0.15) is 0 Å². The summed E-state index contributed by atoms with van der Waals surface area (Å²) < 4.78 is 0. The summed E-state index contributed by atoms with van der Waals surface area (Å²) in [5.74, 6) is 0.851. The first-order valence-electron chi connectivity index (χ1n) is 9.89. The topological polar surface area (TPSA) is 52.6 Å². The highest BCUT2D eigenvalue weighted by atomic mass is 32.1. The third-order valence-corrected chi connectivity index (χ3v) is 5.97. The quantitative estimate of drug-likeness (QED) is 0.431. The van der Waals surface area contributed by atoms with Crippen LogP contribution in [0.3, 0.4) is 0 Å². The van der Waals surface area contributed by atoms with E-state index in [0.717, 1.165) is 31.0 Å². The van der Waals surface area contributed by atoms with Crippen molar-refractivity contribution in [2.24, 2.45) is 4.99 Å². The molecule has 6 heteroatoms. The fourth-order valence-electron chi connectivity index (χ4n) is 3.41. The van der Waals surface area contributed by atoms with Gasteiger partial charge >= 0.3 is 0 Å². The van der Waals surface area contributed by atoms with Crippen molar-refractivity contribution in [1.29, 1.82) is 0 Å². The zero-order chi connectivity index (χ0) is 19.1. The van der Waals surface area contributed by atoms with Gasteiger partial charge in [0.1, 0.15) is 0 Å². The van der Waals surface area contributed by atoms with Crippen LogP contribution in [0.15, 0.2) is 34.6 Å². The maximum absolute atomic E-state index is 4.52. The molecule has 3 rings (SSSR count). The number of hydrogen-bond donors (Lipinski definition) is 2. The summed E-state index contributed by atoms with van der Waals surface area (Å²) in [6, 6.07) is 9.08. The molecule has 1 aliphatic heterocycles. The summed E-state index contributed by atoms with van der Waals surface area (Å²) in [6.07, 6.45) is 4.66. The van der Waals surface area contributed by atoms with Crippen LogP contribution in [0.4, 0.5) is 5.69 Å². The summed E-state index contributed by atoms with van der Waals surface area (Å²) in [6.45, 7) is 7.47. The van der Waals surface area contributed by atoms with Gasteiger partial charge in [-0.3, -0.25) is 4.99 Å². The van der Waals surface area contributed by atoms with Gasteiger partial charge in [-0.15, -0.1) is 11.3 Å². The van der Waals surface area contributed by atoms with Crippen LogP contribution in [-0.4, -0.2) is 37.6 Å². The van der Waals surface area contributed by atoms with E-state index in [1.54, 1.807) is 11.3 Å². The standard InChI is InChI=1S/C21H31N5S/c1-16-15-27-20(24-16)10-7-11-23-21(22-3)25-17(2)18-8-6-9-19(14-18)26-12-4-5-13-26/h6,8-9,14-15,17H,4-5,7,10-13H2,1-3H3,(H2,22,23,25). The highest BCUT2D eigenvalue weighted by Gasteiger charge is 2.14. The molecule has 0 saturated carbocycles. The van der Waals surface area contributed by atoms with Gasteiger partial charge < -0.3 is 15.5 Å². The fourth-order valence-corrected chi connectivity index (χ4v) is 4.23. The van der Waals surface area contributed by atoms with Crippen LogP contribution in [0.5, 0.6) is 0 Å². The molecular formula is C21H31N5S. The normalized spacial score (nSPS) is 15.8. The number of guanidine groups is 1. The second kappa shape index (κ2) is 9.74. The number of rotatable bonds is 7. The first-order chi connectivity index (χ1) is 13.2. The minimum absolute atomic E-state index is 0.209. The maximum atomic E-state index is 4.52. The van der Waals surface area contributed by atoms with Crippen molar-refractivity contribution in [2.45, 2.75) is 45.6 Å². The summed E-state index contributed by atoms with van der Waals surface area (Å²) in [5, 5.41) is 10.3. The van der Waals surface area contributed by atoms with Crippen molar-refractivity contribution in [2.75, 3.05) is 31.6 Å². The lowest BCUT2D eigenvalue weighted by atomic mass is 10.1. The second-order valence-corrected chi connectivity index (χ2v) is 8.08. The lowest BCUT2D eigenvalue weighted by Gasteiger charge is -2.22. The van der Waals surface area contributed by atoms with Gasteiger partial charge in [0.2, 0.25) is 0 Å². The summed E-state index contributed by atoms with van der Waals surface area (Å²) >= 11 is 1.74. The van der Waals surface area contributed by atoms with E-state index in [9.17, 15) is 0 Å². The maximum Gasteiger partial charge on any atom is 0.191 e. The molecule has 1 saturated heterocycles. The van der Waals surface area contributed by atoms with Gasteiger partial charge in [-0.05, 0) is 50.8 Å². The lowest BCUT2D eigenvalue weighted by Crippen LogP contribution is -2.39. The Morgan fingerprint density at radius 2 is 2.15 bits per heavy atom. The molecule has 0 radical (unpaired) electrons. The van der Waals surface area contributed by atoms with Gasteiger partial charge in [0.15, 0.2) is 5.96 Å². The third-order valence-electron chi connectivity index (χ3n) is 4.94. The molecule has 2 aromatic rings. The Labute approximate surface area is 166 Å². The molecule has 0 amide bonds. The van der Waals surface area contributed by atoms with Gasteiger partial charge in [0.25, 0.3) is 0 Å². The number of thiazole rings is 1. The SMILES string of the molecule is CN=C(NCCCc1nc(C)cs1)NC(C)c1cccc(N2CCCC2)c1. The monoisotopic (exact) mass is 385 g/mol. The van der Waals surface area contributed by atoms with Crippen LogP contribution in [0.25, 0.3) is 0 Å². The van der Waals surface area contributed by atoms with Crippen LogP contribution in [0.1, 0.15) is 48.5 Å². The van der Waals surface area contributed by atoms with E-state index >= 15 is 0 Å². The number of anilines is 1. The van der Waals surface area contributed by atoms with Gasteiger partial charge in [-0.1, -0.05) is 12.1 Å². The van der Waals surface area contributed by atoms with E-state index in [1.807, 2.05) is 14.0 Å². The fraction of sp³-hybridized carbons (Fsp3) is 0.524. The Hall–Kier alpha value is -2.08. The van der Waals surface area contributed by atoms with Crippen LogP contribution >= 0.6 is 11.3 Å². The Morgan fingerprint density at radius 1 is 1.33 bits per heavy atom. The Kier molecular flexibility index (Phi) is 7.10. The molecule has 1 atom stereocenters. The molecule has 0 aliphatic carbocycles. The number of hydrogen-bond acceptors (Lipinski definition) is 4. The molecule has 2 heterocycles. The lowest BCUT2D eigenvalue weighted by molar-refractivity contribution is 0.673. The summed E-state index contributed by atoms with van der Waals surface area (Å²) in [4.78, 5) is 11.4. The van der Waals surface area contributed by atoms with Crippen molar-refractivity contribution < 1.29 is 0 Å². The van der Waals surface area contributed by atoms with Gasteiger partial charge in [-0.25, -0.2) is 4.98 Å². The highest BCUT2D eigenvalue weighted by Crippen LogP contribution is 2.23. The summed E-state index contributed by atoms with van der Waals surface area (Å²) in [5.41, 5.74) is 3.74. The third kappa shape index (κ3) is 5.70. The van der Waals surface area contributed by atoms with Crippen LogP contribution in [0.2, 0.25) is 0 Å². The van der Waals surface area contributed by atoms with Crippen LogP contribution in [-0.2, 0) is 6.42 Å². The number of nitrogens with one attached hydrogen (secondary N) is 2. The van der Waals surface area contributed by atoms with E-state index < -0.39 is 0 Å². The van der Waals surface area contributed by atoms with Crippen molar-refractivity contribution in [3.63, 3.8) is 0 Å². The molecule has 1 unspecified atom stereocenters. The Balaban J connectivity index is 1.48. The number of aliphatic imine (C=N–C) groups is 1. The average Bonchev–Trinajstić information content (AvgIpc) is 3.36. The molecule has 27 heavy (non-hydrogen) atoms. The van der Waals surface area contributed by atoms with E-state index in [-0.39, 0.29) is 6.04 Å². The van der Waals surface area contributed by atoms with Crippen molar-refractivity contribution in [1.82, 2.24) is 15.6 Å². The van der Waals surface area contributed by atoms with E-state index in [4.69, 9.17) is 0 Å². The smallest absolute Gasteiger partial charge is 0.191 e. The van der Waals surface area contributed by atoms with E-state index in [0.29, 0.717) is 0 Å². The zero-order valence-corrected chi connectivity index (χ0v) is 17.5. The molecule has 0 spiro atoms. The number of aryl methyl sites for hydroxylation is 2. The molecule has 1 aliphatic rings. The number of nitrogens with zero attached hydrogens (tertiary/aromatic N) is 3. The molecule has 146 valence electrons. The van der Waals surface area contributed by atoms with Gasteiger partial charge in [0.05, 0.1) is 11.0 Å². The molecule has 1 fully saturated rings. The molecule has 1 aromatic carbocycles. The van der Waals surface area contributed by atoms with E-state index in [1.165, 1.54) is 42.2 Å². The second-order valence-electron chi connectivity index (χ2n) is 7.14. The molecule has 2 N–H and O–H groups in total. The van der Waals surface area contributed by atoms with Crippen molar-refractivity contribution in [3.8, 4) is 0 Å². The largest absolute Gasteiger partial charge is 0.372 e. The number of aromatic nitrogens is 1. The predicted molar refractivity (Wildman–Crippen MR) is 116 cm³/mol. The first-order valence-corrected chi connectivity index (χ1v) is 10.8. The minimum Gasteiger partial charge on any atom is -0.372 e. The molecule has 1 aromatic heterocycles. The predicted octanol–water partition coefficient (Wildman–Crippen LogP) is 3.91. The Bertz CT molecular complexity index is 749. The number of benzene rings is 1. The van der Waals surface area contributed by atoms with Gasteiger partial charge in [0, 0.05) is 49.9 Å². The van der Waals surface area contributed by atoms with E-state index in [2.05, 4.69) is 62.1 Å². The minimum atomic E-state index is 0.209. The Morgan fingerprint density at radius 3 is 2.85 bits per heavy atom.